The van der Waals surface area contributed by atoms with Crippen LogP contribution in [0, 0.1) is 10.1 Å². The molecule has 1 fully saturated rings. The van der Waals surface area contributed by atoms with E-state index in [1.165, 1.54) is 12.1 Å². The highest BCUT2D eigenvalue weighted by Crippen LogP contribution is 2.15. The van der Waals surface area contributed by atoms with E-state index in [4.69, 9.17) is 5.73 Å². The van der Waals surface area contributed by atoms with Crippen LogP contribution in [0.1, 0.15) is 12.8 Å². The molecule has 0 aliphatic carbocycles. The molecule has 1 saturated heterocycles. The summed E-state index contributed by atoms with van der Waals surface area (Å²) in [7, 11) is 0. The quantitative estimate of drug-likeness (QED) is 0.226. The van der Waals surface area contributed by atoms with Crippen molar-refractivity contribution in [2.45, 2.75) is 12.8 Å². The van der Waals surface area contributed by atoms with Gasteiger partial charge in [-0.3, -0.25) is 10.1 Å². The van der Waals surface area contributed by atoms with Gasteiger partial charge in [-0.25, -0.2) is 0 Å². The first-order valence-electron chi connectivity index (χ1n) is 10.6. The normalized spacial score (nSPS) is 15.1. The number of nitrogens with one attached hydrogen (secondary N) is 2. The van der Waals surface area contributed by atoms with Gasteiger partial charge in [-0.1, -0.05) is 0 Å². The highest BCUT2D eigenvalue weighted by Gasteiger charge is 2.15. The van der Waals surface area contributed by atoms with Crippen molar-refractivity contribution in [3.05, 3.63) is 58.6 Å². The smallest absolute Gasteiger partial charge is 0.269 e. The monoisotopic (exact) mass is 412 g/mol. The first kappa shape index (κ1) is 21.9. The van der Waals surface area contributed by atoms with Crippen LogP contribution in [0.4, 0.5) is 22.7 Å². The predicted octanol–water partition coefficient (Wildman–Crippen LogP) is 3.10. The van der Waals surface area contributed by atoms with Gasteiger partial charge in [-0.15, -0.1) is 0 Å². The van der Waals surface area contributed by atoms with Crippen molar-refractivity contribution in [2.24, 2.45) is 0 Å². The third-order valence-electron chi connectivity index (χ3n) is 5.41. The van der Waals surface area contributed by atoms with Crippen LogP contribution in [0.25, 0.3) is 0 Å². The molecule has 162 valence electrons. The van der Waals surface area contributed by atoms with Gasteiger partial charge in [0.25, 0.3) is 5.69 Å². The number of nitrogens with zero attached hydrogens (tertiary/aromatic N) is 3. The molecular formula is C22H32N6O2. The minimum Gasteiger partial charge on any atom is -0.399 e. The minimum absolute atomic E-state index is 0.124. The molecule has 30 heavy (non-hydrogen) atoms. The Balaban J connectivity index is 1.22. The molecule has 0 bridgehead atoms. The van der Waals surface area contributed by atoms with E-state index in [1.807, 2.05) is 24.3 Å². The van der Waals surface area contributed by atoms with Crippen LogP contribution >= 0.6 is 0 Å². The van der Waals surface area contributed by atoms with Crippen LogP contribution in [0.15, 0.2) is 48.5 Å². The van der Waals surface area contributed by atoms with E-state index in [-0.39, 0.29) is 10.6 Å². The Kier molecular flexibility index (Phi) is 8.29. The van der Waals surface area contributed by atoms with E-state index >= 15 is 0 Å². The predicted molar refractivity (Wildman–Crippen MR) is 123 cm³/mol. The molecule has 0 radical (unpaired) electrons. The van der Waals surface area contributed by atoms with Crippen LogP contribution in [0.2, 0.25) is 0 Å². The summed E-state index contributed by atoms with van der Waals surface area (Å²) in [6, 6.07) is 14.5. The van der Waals surface area contributed by atoms with Crippen LogP contribution in [0.5, 0.6) is 0 Å². The van der Waals surface area contributed by atoms with E-state index < -0.39 is 0 Å². The largest absolute Gasteiger partial charge is 0.399 e. The second kappa shape index (κ2) is 11.4. The standard InChI is InChI=1S/C22H32N6O2/c23-19-3-5-20(6-4-19)24-11-1-13-26-15-17-27(18-16-26)14-2-12-25-21-7-9-22(10-8-21)28(29)30/h3-10,24-25H,1-2,11-18,23H2. The number of nitrogen functional groups attached to an aromatic ring is 1. The van der Waals surface area contributed by atoms with Crippen LogP contribution in [-0.2, 0) is 0 Å². The molecule has 8 nitrogen and oxygen atoms in total. The summed E-state index contributed by atoms with van der Waals surface area (Å²) in [4.78, 5) is 15.4. The fourth-order valence-corrected chi connectivity index (χ4v) is 3.61. The van der Waals surface area contributed by atoms with E-state index in [1.54, 1.807) is 12.1 Å². The molecule has 2 aromatic rings. The van der Waals surface area contributed by atoms with Gasteiger partial charge in [0.2, 0.25) is 0 Å². The summed E-state index contributed by atoms with van der Waals surface area (Å²) in [6.45, 7) is 8.51. The zero-order chi connectivity index (χ0) is 21.2. The van der Waals surface area contributed by atoms with Crippen molar-refractivity contribution in [1.82, 2.24) is 9.80 Å². The molecular weight excluding hydrogens is 380 g/mol. The van der Waals surface area contributed by atoms with Gasteiger partial charge in [0.15, 0.2) is 0 Å². The summed E-state index contributed by atoms with van der Waals surface area (Å²) in [5.74, 6) is 0. The van der Waals surface area contributed by atoms with Crippen molar-refractivity contribution < 1.29 is 4.92 Å². The Morgan fingerprint density at radius 2 is 1.23 bits per heavy atom. The molecule has 0 saturated carbocycles. The molecule has 1 aliphatic rings. The number of piperazine rings is 1. The number of hydrogen-bond acceptors (Lipinski definition) is 7. The van der Waals surface area contributed by atoms with Gasteiger partial charge in [-0.05, 0) is 62.3 Å². The van der Waals surface area contributed by atoms with Gasteiger partial charge in [-0.2, -0.15) is 0 Å². The maximum absolute atomic E-state index is 10.7. The molecule has 1 aliphatic heterocycles. The number of non-ortho nitro benzene ring substituents is 1. The topological polar surface area (TPSA) is 99.7 Å². The molecule has 0 aromatic heterocycles. The number of rotatable bonds is 11. The van der Waals surface area contributed by atoms with Crippen molar-refractivity contribution in [2.75, 3.05) is 68.7 Å². The zero-order valence-electron chi connectivity index (χ0n) is 17.4. The van der Waals surface area contributed by atoms with Crippen molar-refractivity contribution in [3.63, 3.8) is 0 Å². The van der Waals surface area contributed by atoms with Crippen molar-refractivity contribution in [1.29, 1.82) is 0 Å². The van der Waals surface area contributed by atoms with Crippen molar-refractivity contribution in [3.8, 4) is 0 Å². The lowest BCUT2D eigenvalue weighted by molar-refractivity contribution is -0.384. The Labute approximate surface area is 178 Å². The first-order chi connectivity index (χ1) is 14.6. The van der Waals surface area contributed by atoms with Gasteiger partial charge in [0, 0.05) is 68.5 Å². The number of hydrogen-bond donors (Lipinski definition) is 3. The maximum Gasteiger partial charge on any atom is 0.269 e. The van der Waals surface area contributed by atoms with E-state index in [2.05, 4.69) is 20.4 Å². The molecule has 0 spiro atoms. The molecule has 3 rings (SSSR count). The summed E-state index contributed by atoms with van der Waals surface area (Å²) in [6.07, 6.45) is 2.19. The molecule has 0 unspecified atom stereocenters. The second-order valence-electron chi connectivity index (χ2n) is 7.67. The lowest BCUT2D eigenvalue weighted by Gasteiger charge is -2.34. The van der Waals surface area contributed by atoms with Crippen LogP contribution in [-0.4, -0.2) is 67.1 Å². The Hall–Kier alpha value is -2.84. The molecule has 2 aromatic carbocycles. The number of nitro groups is 1. The number of nitro benzene ring substituents is 1. The van der Waals surface area contributed by atoms with E-state index in [0.29, 0.717) is 0 Å². The van der Waals surface area contributed by atoms with E-state index in [0.717, 1.165) is 82.3 Å². The highest BCUT2D eigenvalue weighted by atomic mass is 16.6. The Morgan fingerprint density at radius 1 is 0.800 bits per heavy atom. The molecule has 4 N–H and O–H groups in total. The third-order valence-corrected chi connectivity index (χ3v) is 5.41. The average molecular weight is 413 g/mol. The number of benzene rings is 2. The Bertz CT molecular complexity index is 773. The number of nitrogens with two attached hydrogens (primary N) is 1. The van der Waals surface area contributed by atoms with Gasteiger partial charge in [0.05, 0.1) is 4.92 Å². The van der Waals surface area contributed by atoms with Gasteiger partial charge < -0.3 is 26.2 Å². The molecule has 8 heteroatoms. The summed E-state index contributed by atoms with van der Waals surface area (Å²) < 4.78 is 0. The fourth-order valence-electron chi connectivity index (χ4n) is 3.61. The van der Waals surface area contributed by atoms with Gasteiger partial charge in [0.1, 0.15) is 0 Å². The van der Waals surface area contributed by atoms with Crippen LogP contribution < -0.4 is 16.4 Å². The van der Waals surface area contributed by atoms with E-state index in [9.17, 15) is 10.1 Å². The lowest BCUT2D eigenvalue weighted by atomic mass is 10.2. The average Bonchev–Trinajstić information content (AvgIpc) is 2.77. The van der Waals surface area contributed by atoms with Gasteiger partial charge >= 0.3 is 0 Å². The molecule has 0 amide bonds. The zero-order valence-corrected chi connectivity index (χ0v) is 17.4. The molecule has 1 heterocycles. The Morgan fingerprint density at radius 3 is 1.67 bits per heavy atom. The maximum atomic E-state index is 10.7. The van der Waals surface area contributed by atoms with Crippen molar-refractivity contribution >= 4 is 22.7 Å². The van der Waals surface area contributed by atoms with Crippen LogP contribution in [0.3, 0.4) is 0 Å². The summed E-state index contributed by atoms with van der Waals surface area (Å²) >= 11 is 0. The molecule has 0 atom stereocenters. The highest BCUT2D eigenvalue weighted by molar-refractivity contribution is 5.51. The third kappa shape index (κ3) is 7.20. The summed E-state index contributed by atoms with van der Waals surface area (Å²) in [5, 5.41) is 17.5. The number of anilines is 3. The fraction of sp³-hybridized carbons (Fsp3) is 0.455. The summed E-state index contributed by atoms with van der Waals surface area (Å²) in [5.41, 5.74) is 8.67. The lowest BCUT2D eigenvalue weighted by Crippen LogP contribution is -2.47. The SMILES string of the molecule is Nc1ccc(NCCCN2CCN(CCCNc3ccc([N+](=O)[O-])cc3)CC2)cc1. The minimum atomic E-state index is -0.375. The second-order valence-corrected chi connectivity index (χ2v) is 7.67. The first-order valence-corrected chi connectivity index (χ1v) is 10.6.